The average molecular weight is 281 g/mol. The molecular weight excluding hydrogens is 254 g/mol. The molecule has 0 bridgehead atoms. The van der Waals surface area contributed by atoms with E-state index in [9.17, 15) is 0 Å². The Morgan fingerprint density at radius 2 is 2.00 bits per heavy atom. The van der Waals surface area contributed by atoms with Gasteiger partial charge in [-0.3, -0.25) is 0 Å². The van der Waals surface area contributed by atoms with E-state index in [2.05, 4.69) is 45.0 Å². The summed E-state index contributed by atoms with van der Waals surface area (Å²) in [6, 6.07) is 0.533. The van der Waals surface area contributed by atoms with Crippen molar-refractivity contribution in [2.75, 3.05) is 18.5 Å². The standard InChI is InChI=1S/C15H27N3S/c1-10(2)9-18(5)15-17-14(12-6-7-12)13(19-15)8-16-11(3)4/h10-12,16H,6-9H2,1-5H3. The largest absolute Gasteiger partial charge is 0.351 e. The lowest BCUT2D eigenvalue weighted by Crippen LogP contribution is -2.22. The minimum Gasteiger partial charge on any atom is -0.351 e. The highest BCUT2D eigenvalue weighted by Gasteiger charge is 2.30. The number of thiazole rings is 1. The molecule has 1 saturated carbocycles. The third-order valence-electron chi connectivity index (χ3n) is 3.32. The van der Waals surface area contributed by atoms with Crippen LogP contribution in [0, 0.1) is 5.92 Å². The van der Waals surface area contributed by atoms with Crippen LogP contribution in [0.4, 0.5) is 5.13 Å². The van der Waals surface area contributed by atoms with Crippen molar-refractivity contribution >= 4 is 16.5 Å². The van der Waals surface area contributed by atoms with Crippen LogP contribution in [0.3, 0.4) is 0 Å². The molecule has 0 radical (unpaired) electrons. The summed E-state index contributed by atoms with van der Waals surface area (Å²) in [4.78, 5) is 8.66. The number of nitrogens with one attached hydrogen (secondary N) is 1. The SMILES string of the molecule is CC(C)CN(C)c1nc(C2CC2)c(CNC(C)C)s1. The molecule has 1 aliphatic rings. The quantitative estimate of drug-likeness (QED) is 0.827. The van der Waals surface area contributed by atoms with E-state index < -0.39 is 0 Å². The van der Waals surface area contributed by atoms with Crippen LogP contribution >= 0.6 is 11.3 Å². The molecule has 1 aromatic rings. The van der Waals surface area contributed by atoms with Gasteiger partial charge in [-0.25, -0.2) is 4.98 Å². The van der Waals surface area contributed by atoms with Crippen LogP contribution in [0.5, 0.6) is 0 Å². The van der Waals surface area contributed by atoms with Crippen molar-refractivity contribution in [3.8, 4) is 0 Å². The summed E-state index contributed by atoms with van der Waals surface area (Å²) in [7, 11) is 2.16. The van der Waals surface area contributed by atoms with Gasteiger partial charge >= 0.3 is 0 Å². The van der Waals surface area contributed by atoms with Crippen molar-refractivity contribution in [3.05, 3.63) is 10.6 Å². The lowest BCUT2D eigenvalue weighted by molar-refractivity contribution is 0.590. The lowest BCUT2D eigenvalue weighted by Gasteiger charge is -2.17. The predicted molar refractivity (Wildman–Crippen MR) is 84.2 cm³/mol. The van der Waals surface area contributed by atoms with E-state index in [1.807, 2.05) is 11.3 Å². The van der Waals surface area contributed by atoms with Crippen molar-refractivity contribution < 1.29 is 0 Å². The fourth-order valence-corrected chi connectivity index (χ4v) is 3.31. The highest BCUT2D eigenvalue weighted by molar-refractivity contribution is 7.15. The lowest BCUT2D eigenvalue weighted by atomic mass is 10.2. The maximum absolute atomic E-state index is 4.91. The smallest absolute Gasteiger partial charge is 0.185 e. The Balaban J connectivity index is 2.10. The van der Waals surface area contributed by atoms with E-state index in [0.717, 1.165) is 19.0 Å². The van der Waals surface area contributed by atoms with Gasteiger partial charge in [-0.05, 0) is 18.8 Å². The topological polar surface area (TPSA) is 28.2 Å². The second-order valence-corrected chi connectivity index (χ2v) is 7.45. The van der Waals surface area contributed by atoms with Gasteiger partial charge in [0.15, 0.2) is 5.13 Å². The summed E-state index contributed by atoms with van der Waals surface area (Å²) in [5, 5.41) is 4.72. The van der Waals surface area contributed by atoms with Crippen LogP contribution in [0.15, 0.2) is 0 Å². The first-order valence-electron chi connectivity index (χ1n) is 7.41. The van der Waals surface area contributed by atoms with Gasteiger partial charge in [0.2, 0.25) is 0 Å². The molecule has 1 fully saturated rings. The number of aromatic nitrogens is 1. The number of anilines is 1. The number of hydrogen-bond donors (Lipinski definition) is 1. The number of hydrogen-bond acceptors (Lipinski definition) is 4. The summed E-state index contributed by atoms with van der Waals surface area (Å²) >= 11 is 1.87. The maximum atomic E-state index is 4.91. The van der Waals surface area contributed by atoms with Crippen molar-refractivity contribution in [2.45, 2.75) is 59.0 Å². The van der Waals surface area contributed by atoms with Gasteiger partial charge in [0.25, 0.3) is 0 Å². The van der Waals surface area contributed by atoms with Crippen LogP contribution in [-0.2, 0) is 6.54 Å². The highest BCUT2D eigenvalue weighted by atomic mass is 32.1. The van der Waals surface area contributed by atoms with Gasteiger partial charge in [-0.2, -0.15) is 0 Å². The van der Waals surface area contributed by atoms with E-state index >= 15 is 0 Å². The van der Waals surface area contributed by atoms with Crippen molar-refractivity contribution in [1.29, 1.82) is 0 Å². The molecule has 1 N–H and O–H groups in total. The van der Waals surface area contributed by atoms with E-state index in [0.29, 0.717) is 12.0 Å². The summed E-state index contributed by atoms with van der Waals surface area (Å²) in [6.07, 6.45) is 2.65. The van der Waals surface area contributed by atoms with Crippen molar-refractivity contribution in [1.82, 2.24) is 10.3 Å². The van der Waals surface area contributed by atoms with Gasteiger partial charge < -0.3 is 10.2 Å². The van der Waals surface area contributed by atoms with Crippen molar-refractivity contribution in [3.63, 3.8) is 0 Å². The van der Waals surface area contributed by atoms with Crippen LogP contribution in [0.1, 0.15) is 57.0 Å². The first kappa shape index (κ1) is 14.8. The molecule has 2 rings (SSSR count). The Labute approximate surface area is 121 Å². The van der Waals surface area contributed by atoms with Gasteiger partial charge in [0.1, 0.15) is 0 Å². The molecule has 1 aliphatic carbocycles. The maximum Gasteiger partial charge on any atom is 0.185 e. The molecule has 0 aromatic carbocycles. The molecule has 108 valence electrons. The fraction of sp³-hybridized carbons (Fsp3) is 0.800. The molecule has 1 heterocycles. The molecule has 0 saturated heterocycles. The van der Waals surface area contributed by atoms with Crippen molar-refractivity contribution in [2.24, 2.45) is 5.92 Å². The second kappa shape index (κ2) is 6.23. The molecule has 0 atom stereocenters. The Bertz CT molecular complexity index is 408. The zero-order valence-electron chi connectivity index (χ0n) is 12.9. The average Bonchev–Trinajstić information content (AvgIpc) is 3.05. The molecule has 4 heteroatoms. The molecule has 1 aromatic heterocycles. The predicted octanol–water partition coefficient (Wildman–Crippen LogP) is 3.61. The number of rotatable bonds is 7. The number of nitrogens with zero attached hydrogens (tertiary/aromatic N) is 2. The van der Waals surface area contributed by atoms with E-state index in [4.69, 9.17) is 4.98 Å². The van der Waals surface area contributed by atoms with Crippen LogP contribution in [0.25, 0.3) is 0 Å². The summed E-state index contributed by atoms with van der Waals surface area (Å²) in [5.74, 6) is 1.41. The molecule has 19 heavy (non-hydrogen) atoms. The van der Waals surface area contributed by atoms with E-state index in [-0.39, 0.29) is 0 Å². The van der Waals surface area contributed by atoms with Crippen LogP contribution in [0.2, 0.25) is 0 Å². The second-order valence-electron chi connectivity index (χ2n) is 6.39. The fourth-order valence-electron chi connectivity index (χ4n) is 2.24. The Hall–Kier alpha value is -0.610. The van der Waals surface area contributed by atoms with Gasteiger partial charge in [-0.1, -0.05) is 27.7 Å². The normalized spacial score (nSPS) is 15.5. The van der Waals surface area contributed by atoms with E-state index in [1.165, 1.54) is 28.5 Å². The summed E-state index contributed by atoms with van der Waals surface area (Å²) in [5.41, 5.74) is 1.36. The minimum absolute atomic E-state index is 0.533. The molecule has 0 spiro atoms. The van der Waals surface area contributed by atoms with Gasteiger partial charge in [0, 0.05) is 37.0 Å². The van der Waals surface area contributed by atoms with E-state index in [1.54, 1.807) is 0 Å². The molecule has 0 amide bonds. The first-order valence-corrected chi connectivity index (χ1v) is 8.23. The Morgan fingerprint density at radius 1 is 1.32 bits per heavy atom. The summed E-state index contributed by atoms with van der Waals surface area (Å²) in [6.45, 7) is 11.0. The first-order chi connectivity index (χ1) is 8.97. The molecular formula is C15H27N3S. The Morgan fingerprint density at radius 3 is 2.53 bits per heavy atom. The minimum atomic E-state index is 0.533. The monoisotopic (exact) mass is 281 g/mol. The third kappa shape index (κ3) is 4.18. The molecule has 0 unspecified atom stereocenters. The molecule has 3 nitrogen and oxygen atoms in total. The third-order valence-corrected chi connectivity index (χ3v) is 4.50. The van der Waals surface area contributed by atoms with Gasteiger partial charge in [0.05, 0.1) is 5.69 Å². The zero-order chi connectivity index (χ0) is 14.0. The highest BCUT2D eigenvalue weighted by Crippen LogP contribution is 2.44. The Kier molecular flexibility index (Phi) is 4.85. The molecule has 0 aliphatic heterocycles. The van der Waals surface area contributed by atoms with Crippen LogP contribution < -0.4 is 10.2 Å². The van der Waals surface area contributed by atoms with Gasteiger partial charge in [-0.15, -0.1) is 11.3 Å². The van der Waals surface area contributed by atoms with Crippen LogP contribution in [-0.4, -0.2) is 24.6 Å². The zero-order valence-corrected chi connectivity index (χ0v) is 13.7. The summed E-state index contributed by atoms with van der Waals surface area (Å²) < 4.78 is 0.